The Balaban J connectivity index is 1.38. The molecule has 1 saturated heterocycles. The largest absolute Gasteiger partial charge is 0.367 e. The molecule has 37 heavy (non-hydrogen) atoms. The molecule has 184 valence electrons. The first-order valence-corrected chi connectivity index (χ1v) is 12.5. The number of amides is 1. The van der Waals surface area contributed by atoms with E-state index in [2.05, 4.69) is 9.88 Å². The van der Waals surface area contributed by atoms with Crippen LogP contribution in [0, 0.1) is 5.82 Å². The van der Waals surface area contributed by atoms with Crippen molar-refractivity contribution < 1.29 is 9.18 Å². The highest BCUT2D eigenvalue weighted by Crippen LogP contribution is 2.28. The average Bonchev–Trinajstić information content (AvgIpc) is 3.38. The Hall–Kier alpha value is -4.23. The Morgan fingerprint density at radius 1 is 0.811 bits per heavy atom. The maximum atomic E-state index is 14.7. The fourth-order valence-corrected chi connectivity index (χ4v) is 4.96. The minimum atomic E-state index is -0.395. The van der Waals surface area contributed by atoms with E-state index in [1.807, 2.05) is 60.7 Å². The van der Waals surface area contributed by atoms with Gasteiger partial charge in [0.05, 0.1) is 22.1 Å². The summed E-state index contributed by atoms with van der Waals surface area (Å²) < 4.78 is 16.3. The van der Waals surface area contributed by atoms with Gasteiger partial charge in [-0.05, 0) is 30.3 Å². The second-order valence-corrected chi connectivity index (χ2v) is 9.31. The predicted octanol–water partition coefficient (Wildman–Crippen LogP) is 5.82. The summed E-state index contributed by atoms with van der Waals surface area (Å²) >= 11 is 6.39. The normalized spacial score (nSPS) is 13.8. The highest BCUT2D eigenvalue weighted by atomic mass is 35.5. The monoisotopic (exact) mass is 511 g/mol. The lowest BCUT2D eigenvalue weighted by molar-refractivity contribution is 0.0738. The Bertz CT molecular complexity index is 1600. The van der Waals surface area contributed by atoms with E-state index in [0.717, 1.165) is 11.3 Å². The molecule has 0 radical (unpaired) electrons. The van der Waals surface area contributed by atoms with Gasteiger partial charge in [-0.1, -0.05) is 66.2 Å². The van der Waals surface area contributed by atoms with Crippen LogP contribution in [-0.4, -0.2) is 51.6 Å². The fraction of sp³-hybridized carbons (Fsp3) is 0.138. The number of fused-ring (bicyclic) bond motifs is 1. The zero-order chi connectivity index (χ0) is 25.4. The second kappa shape index (κ2) is 9.67. The quantitative estimate of drug-likeness (QED) is 0.305. The van der Waals surface area contributed by atoms with Crippen molar-refractivity contribution in [2.75, 3.05) is 31.1 Å². The molecule has 1 aliphatic heterocycles. The van der Waals surface area contributed by atoms with Gasteiger partial charge in [0.15, 0.2) is 5.65 Å². The van der Waals surface area contributed by atoms with E-state index in [9.17, 15) is 9.18 Å². The number of carbonyl (C=O) groups is 1. The summed E-state index contributed by atoms with van der Waals surface area (Å²) in [7, 11) is 0. The summed E-state index contributed by atoms with van der Waals surface area (Å²) in [5.41, 5.74) is 4.12. The molecule has 0 bridgehead atoms. The van der Waals surface area contributed by atoms with Crippen molar-refractivity contribution >= 4 is 28.8 Å². The molecule has 5 aromatic rings. The number of aromatic nitrogens is 3. The number of halogens is 2. The molecule has 0 spiro atoms. The van der Waals surface area contributed by atoms with E-state index >= 15 is 0 Å². The number of nitrogens with zero attached hydrogens (tertiary/aromatic N) is 5. The van der Waals surface area contributed by atoms with Gasteiger partial charge in [-0.25, -0.2) is 13.9 Å². The third-order valence-electron chi connectivity index (χ3n) is 6.63. The van der Waals surface area contributed by atoms with Crippen LogP contribution >= 0.6 is 11.6 Å². The third-order valence-corrected chi connectivity index (χ3v) is 6.95. The zero-order valence-corrected chi connectivity index (χ0v) is 20.6. The molecule has 0 aliphatic carbocycles. The van der Waals surface area contributed by atoms with Crippen LogP contribution in [0.4, 0.5) is 10.1 Å². The Morgan fingerprint density at radius 2 is 1.51 bits per heavy atom. The first kappa shape index (κ1) is 23.2. The highest BCUT2D eigenvalue weighted by molar-refractivity contribution is 6.33. The number of carbonyl (C=O) groups excluding carboxylic acids is 1. The molecule has 3 heterocycles. The summed E-state index contributed by atoms with van der Waals surface area (Å²) in [5, 5.41) is 5.41. The van der Waals surface area contributed by atoms with Crippen LogP contribution in [0.25, 0.3) is 28.2 Å². The van der Waals surface area contributed by atoms with Gasteiger partial charge >= 0.3 is 0 Å². The zero-order valence-electron chi connectivity index (χ0n) is 19.9. The van der Waals surface area contributed by atoms with Gasteiger partial charge in [0.25, 0.3) is 5.91 Å². The van der Waals surface area contributed by atoms with Crippen LogP contribution in [0.5, 0.6) is 0 Å². The average molecular weight is 512 g/mol. The molecule has 1 amide bonds. The molecule has 3 aromatic carbocycles. The summed E-state index contributed by atoms with van der Waals surface area (Å²) in [6.07, 6.45) is 0. The van der Waals surface area contributed by atoms with Crippen molar-refractivity contribution in [3.8, 4) is 22.5 Å². The molecule has 2 aromatic heterocycles. The van der Waals surface area contributed by atoms with E-state index in [0.29, 0.717) is 59.5 Å². The van der Waals surface area contributed by atoms with Crippen LogP contribution in [0.15, 0.2) is 91.0 Å². The summed E-state index contributed by atoms with van der Waals surface area (Å²) in [6.45, 7) is 2.35. The number of hydrogen-bond donors (Lipinski definition) is 0. The standard InChI is InChI=1S/C29H23ClFN5O/c30-22-11-5-7-13-26(22)34-14-16-35(17-15-34)29(37)27-18-25(21-10-4-6-12-23(21)31)32-28-19-24(33-36(27)28)20-8-2-1-3-9-20/h1-13,18-19H,14-17H2. The van der Waals surface area contributed by atoms with Crippen molar-refractivity contribution in [3.63, 3.8) is 0 Å². The lowest BCUT2D eigenvalue weighted by atomic mass is 10.1. The van der Waals surface area contributed by atoms with Gasteiger partial charge in [-0.2, -0.15) is 5.10 Å². The number of piperazine rings is 1. The van der Waals surface area contributed by atoms with Crippen molar-refractivity contribution in [3.05, 3.63) is 108 Å². The number of para-hydroxylation sites is 1. The van der Waals surface area contributed by atoms with Gasteiger partial charge in [0.1, 0.15) is 11.5 Å². The van der Waals surface area contributed by atoms with Crippen LogP contribution in [0.3, 0.4) is 0 Å². The predicted molar refractivity (Wildman–Crippen MR) is 143 cm³/mol. The maximum absolute atomic E-state index is 14.7. The van der Waals surface area contributed by atoms with E-state index < -0.39 is 5.82 Å². The molecule has 8 heteroatoms. The Morgan fingerprint density at radius 3 is 2.27 bits per heavy atom. The number of benzene rings is 3. The van der Waals surface area contributed by atoms with Gasteiger partial charge in [-0.3, -0.25) is 4.79 Å². The number of anilines is 1. The smallest absolute Gasteiger partial charge is 0.272 e. The van der Waals surface area contributed by atoms with Gasteiger partial charge in [-0.15, -0.1) is 0 Å². The molecule has 0 N–H and O–H groups in total. The molecular formula is C29H23ClFN5O. The lowest BCUT2D eigenvalue weighted by Gasteiger charge is -2.36. The van der Waals surface area contributed by atoms with Gasteiger partial charge in [0.2, 0.25) is 0 Å². The summed E-state index contributed by atoms with van der Waals surface area (Å²) in [6, 6.07) is 27.3. The Kier molecular flexibility index (Phi) is 6.06. The third kappa shape index (κ3) is 4.42. The minimum Gasteiger partial charge on any atom is -0.367 e. The topological polar surface area (TPSA) is 53.7 Å². The van der Waals surface area contributed by atoms with Crippen LogP contribution in [0.1, 0.15) is 10.5 Å². The van der Waals surface area contributed by atoms with E-state index in [1.54, 1.807) is 33.7 Å². The molecule has 0 saturated carbocycles. The molecule has 1 aliphatic rings. The lowest BCUT2D eigenvalue weighted by Crippen LogP contribution is -2.49. The van der Waals surface area contributed by atoms with Crippen molar-refractivity contribution in [1.82, 2.24) is 19.5 Å². The molecule has 6 nitrogen and oxygen atoms in total. The van der Waals surface area contributed by atoms with Crippen LogP contribution in [0.2, 0.25) is 5.02 Å². The summed E-state index contributed by atoms with van der Waals surface area (Å²) in [5.74, 6) is -0.569. The van der Waals surface area contributed by atoms with Crippen molar-refractivity contribution in [1.29, 1.82) is 0 Å². The maximum Gasteiger partial charge on any atom is 0.272 e. The van der Waals surface area contributed by atoms with Crippen molar-refractivity contribution in [2.24, 2.45) is 0 Å². The fourth-order valence-electron chi connectivity index (χ4n) is 4.70. The minimum absolute atomic E-state index is 0.175. The van der Waals surface area contributed by atoms with Gasteiger partial charge in [0, 0.05) is 43.4 Å². The highest BCUT2D eigenvalue weighted by Gasteiger charge is 2.26. The van der Waals surface area contributed by atoms with Gasteiger partial charge < -0.3 is 9.80 Å². The first-order chi connectivity index (χ1) is 18.1. The Labute approximate surface area is 218 Å². The second-order valence-electron chi connectivity index (χ2n) is 8.90. The number of hydrogen-bond acceptors (Lipinski definition) is 4. The first-order valence-electron chi connectivity index (χ1n) is 12.1. The molecule has 1 fully saturated rings. The van der Waals surface area contributed by atoms with Crippen LogP contribution < -0.4 is 4.90 Å². The van der Waals surface area contributed by atoms with E-state index in [4.69, 9.17) is 16.7 Å². The number of rotatable bonds is 4. The molecular weight excluding hydrogens is 489 g/mol. The summed E-state index contributed by atoms with van der Waals surface area (Å²) in [4.78, 5) is 22.5. The molecule has 6 rings (SSSR count). The van der Waals surface area contributed by atoms with E-state index in [1.165, 1.54) is 6.07 Å². The molecule has 0 atom stereocenters. The van der Waals surface area contributed by atoms with Crippen molar-refractivity contribution in [2.45, 2.75) is 0 Å². The van der Waals surface area contributed by atoms with E-state index in [-0.39, 0.29) is 5.91 Å². The SMILES string of the molecule is O=C(c1cc(-c2ccccc2F)nc2cc(-c3ccccc3)nn12)N1CCN(c2ccccc2Cl)CC1. The van der Waals surface area contributed by atoms with Crippen LogP contribution in [-0.2, 0) is 0 Å². The molecule has 0 unspecified atom stereocenters.